The lowest BCUT2D eigenvalue weighted by Crippen LogP contribution is -2.52. The van der Waals surface area contributed by atoms with Gasteiger partial charge < -0.3 is 9.64 Å². The van der Waals surface area contributed by atoms with Crippen LogP contribution < -0.4 is 10.2 Å². The van der Waals surface area contributed by atoms with Gasteiger partial charge in [-0.05, 0) is 75.8 Å². The van der Waals surface area contributed by atoms with Crippen molar-refractivity contribution in [1.29, 1.82) is 0 Å². The molecule has 2 heterocycles. The molecule has 2 saturated heterocycles. The molecule has 0 bridgehead atoms. The lowest BCUT2D eigenvalue weighted by atomic mass is 9.88. The molecular formula is C36H59N3O2S. The largest absolute Gasteiger partial charge is 0.484 e. The average molecular weight is 598 g/mol. The number of aryl methyl sites for hydroxylation is 1. The topological polar surface area (TPSA) is 44.8 Å². The van der Waals surface area contributed by atoms with Crippen LogP contribution in [0, 0.1) is 18.8 Å². The summed E-state index contributed by atoms with van der Waals surface area (Å²) in [5.74, 6) is 2.50. The number of amides is 1. The number of carbonyl (C=O) groups excluding carboxylic acids is 1. The van der Waals surface area contributed by atoms with E-state index in [1.165, 1.54) is 121 Å². The molecule has 2 saturated carbocycles. The van der Waals surface area contributed by atoms with Gasteiger partial charge in [-0.25, -0.2) is 5.01 Å². The zero-order chi connectivity index (χ0) is 29.1. The highest BCUT2D eigenvalue weighted by Gasteiger charge is 2.41. The summed E-state index contributed by atoms with van der Waals surface area (Å²) < 4.78 is 6.07. The van der Waals surface area contributed by atoms with Gasteiger partial charge in [-0.3, -0.25) is 10.2 Å². The predicted octanol–water partition coefficient (Wildman–Crippen LogP) is 8.50. The fourth-order valence-electron chi connectivity index (χ4n) is 8.21. The molecule has 1 aromatic carbocycles. The molecule has 4 fully saturated rings. The normalized spacial score (nSPS) is 29.6. The molecule has 1 amide bonds. The molecule has 1 aromatic rings. The Hall–Kier alpha value is -1.24. The number of rotatable bonds is 8. The van der Waals surface area contributed by atoms with Gasteiger partial charge >= 0.3 is 0 Å². The number of hydrogen-bond acceptors (Lipinski definition) is 5. The molecule has 4 unspecified atom stereocenters. The molecule has 4 aliphatic rings. The Morgan fingerprint density at radius 3 is 2.02 bits per heavy atom. The van der Waals surface area contributed by atoms with Crippen LogP contribution in [0.25, 0.3) is 0 Å². The Bertz CT molecular complexity index is 922. The number of nitrogens with one attached hydrogen (secondary N) is 1. The molecule has 0 spiro atoms. The van der Waals surface area contributed by atoms with Crippen molar-refractivity contribution in [3.05, 3.63) is 29.8 Å². The number of ether oxygens (including phenoxy) is 1. The van der Waals surface area contributed by atoms with Gasteiger partial charge in [-0.15, -0.1) is 0 Å². The van der Waals surface area contributed by atoms with E-state index in [9.17, 15) is 4.79 Å². The number of benzene rings is 1. The summed E-state index contributed by atoms with van der Waals surface area (Å²) in [7, 11) is 2.17. The van der Waals surface area contributed by atoms with Crippen molar-refractivity contribution in [3.63, 3.8) is 0 Å². The third-order valence-corrected chi connectivity index (χ3v) is 12.5. The van der Waals surface area contributed by atoms with Crippen molar-refractivity contribution in [2.24, 2.45) is 11.8 Å². The summed E-state index contributed by atoms with van der Waals surface area (Å²) in [6.45, 7) is 3.04. The van der Waals surface area contributed by atoms with Crippen molar-refractivity contribution in [2.45, 2.75) is 152 Å². The molecular weight excluding hydrogens is 538 g/mol. The quantitative estimate of drug-likeness (QED) is 0.326. The third kappa shape index (κ3) is 9.38. The minimum absolute atomic E-state index is 0.0984. The second kappa shape index (κ2) is 16.7. The van der Waals surface area contributed by atoms with Crippen molar-refractivity contribution in [3.8, 4) is 5.75 Å². The SMILES string of the molecule is Cc1ccc(OCC(=O)N(CC2CCC(C3CCCCCCCC3)S2)C2CC(C3CCCCCCCC3)NN2C)cc1. The third-order valence-electron chi connectivity index (χ3n) is 10.8. The highest BCUT2D eigenvalue weighted by molar-refractivity contribution is 8.00. The zero-order valence-electron chi connectivity index (χ0n) is 26.7. The first kappa shape index (κ1) is 32.2. The van der Waals surface area contributed by atoms with Crippen LogP contribution in [0.2, 0.25) is 0 Å². The Morgan fingerprint density at radius 1 is 0.833 bits per heavy atom. The Balaban J connectivity index is 1.24. The van der Waals surface area contributed by atoms with Crippen LogP contribution in [-0.2, 0) is 4.79 Å². The van der Waals surface area contributed by atoms with E-state index < -0.39 is 0 Å². The minimum Gasteiger partial charge on any atom is -0.484 e. The van der Waals surface area contributed by atoms with Gasteiger partial charge in [0.05, 0.1) is 6.17 Å². The molecule has 6 heteroatoms. The number of thioether (sulfide) groups is 1. The van der Waals surface area contributed by atoms with Gasteiger partial charge in [0.1, 0.15) is 5.75 Å². The van der Waals surface area contributed by atoms with E-state index in [2.05, 4.69) is 53.2 Å². The molecule has 236 valence electrons. The first-order valence-electron chi connectivity index (χ1n) is 17.7. The van der Waals surface area contributed by atoms with Crippen molar-refractivity contribution in [1.82, 2.24) is 15.3 Å². The van der Waals surface area contributed by atoms with Crippen LogP contribution in [-0.4, -0.2) is 58.7 Å². The summed E-state index contributed by atoms with van der Waals surface area (Å²) in [6.07, 6.45) is 26.0. The van der Waals surface area contributed by atoms with E-state index in [4.69, 9.17) is 4.74 Å². The molecule has 0 radical (unpaired) electrons. The van der Waals surface area contributed by atoms with E-state index in [-0.39, 0.29) is 18.7 Å². The maximum absolute atomic E-state index is 14.0. The Morgan fingerprint density at radius 2 is 1.40 bits per heavy atom. The van der Waals surface area contributed by atoms with E-state index in [1.807, 2.05) is 12.1 Å². The number of carbonyl (C=O) groups is 1. The van der Waals surface area contributed by atoms with Gasteiger partial charge in [0.2, 0.25) is 0 Å². The van der Waals surface area contributed by atoms with E-state index in [0.29, 0.717) is 17.2 Å². The Kier molecular flexibility index (Phi) is 12.8. The maximum Gasteiger partial charge on any atom is 0.261 e. The van der Waals surface area contributed by atoms with Crippen LogP contribution in [0.3, 0.4) is 0 Å². The van der Waals surface area contributed by atoms with Gasteiger partial charge in [0, 0.05) is 30.1 Å². The monoisotopic (exact) mass is 597 g/mol. The molecule has 1 N–H and O–H groups in total. The standard InChI is InChI=1S/C36H59N3O2S/c1-28-19-21-31(22-20-28)41-27-36(40)39(26-32-23-24-34(42-32)30-17-13-9-5-6-10-14-18-30)35-25-33(37-38(35)2)29-15-11-7-3-4-8-12-16-29/h19-22,29-30,32-35,37H,3-18,23-27H2,1-2H3. The van der Waals surface area contributed by atoms with E-state index in [0.717, 1.165) is 29.9 Å². The predicted molar refractivity (Wildman–Crippen MR) is 177 cm³/mol. The second-order valence-electron chi connectivity index (χ2n) is 14.0. The first-order chi connectivity index (χ1) is 20.6. The van der Waals surface area contributed by atoms with E-state index in [1.54, 1.807) is 0 Å². The molecule has 2 aliphatic carbocycles. The number of hydrogen-bond donors (Lipinski definition) is 1. The van der Waals surface area contributed by atoms with Gasteiger partial charge in [-0.2, -0.15) is 11.8 Å². The van der Waals surface area contributed by atoms with Crippen LogP contribution >= 0.6 is 11.8 Å². The zero-order valence-corrected chi connectivity index (χ0v) is 27.6. The second-order valence-corrected chi connectivity index (χ2v) is 15.5. The van der Waals surface area contributed by atoms with E-state index >= 15 is 0 Å². The lowest BCUT2D eigenvalue weighted by Gasteiger charge is -2.34. The molecule has 5 rings (SSSR count). The molecule has 4 atom stereocenters. The summed E-state index contributed by atoms with van der Waals surface area (Å²) in [5, 5.41) is 3.58. The van der Waals surface area contributed by atoms with Crippen LogP contribution in [0.4, 0.5) is 0 Å². The van der Waals surface area contributed by atoms with Gasteiger partial charge in [0.25, 0.3) is 5.91 Å². The van der Waals surface area contributed by atoms with Crippen molar-refractivity contribution < 1.29 is 9.53 Å². The van der Waals surface area contributed by atoms with Crippen LogP contribution in [0.5, 0.6) is 5.75 Å². The summed E-state index contributed by atoms with van der Waals surface area (Å²) >= 11 is 2.22. The molecule has 5 nitrogen and oxygen atoms in total. The molecule has 2 aliphatic heterocycles. The van der Waals surface area contributed by atoms with Crippen LogP contribution in [0.1, 0.15) is 128 Å². The average Bonchev–Trinajstić information content (AvgIpc) is 3.66. The Labute approximate surface area is 261 Å². The maximum atomic E-state index is 14.0. The number of nitrogens with zero attached hydrogens (tertiary/aromatic N) is 2. The lowest BCUT2D eigenvalue weighted by molar-refractivity contribution is -0.139. The summed E-state index contributed by atoms with van der Waals surface area (Å²) in [6, 6.07) is 8.55. The fraction of sp³-hybridized carbons (Fsp3) is 0.806. The van der Waals surface area contributed by atoms with Gasteiger partial charge in [0.15, 0.2) is 6.61 Å². The van der Waals surface area contributed by atoms with Crippen molar-refractivity contribution in [2.75, 3.05) is 20.2 Å². The molecule has 42 heavy (non-hydrogen) atoms. The van der Waals surface area contributed by atoms with Gasteiger partial charge in [-0.1, -0.05) is 94.7 Å². The minimum atomic E-state index is 0.0984. The number of hydrazine groups is 1. The first-order valence-corrected chi connectivity index (χ1v) is 18.6. The fourth-order valence-corrected chi connectivity index (χ4v) is 9.99. The van der Waals surface area contributed by atoms with Crippen molar-refractivity contribution >= 4 is 17.7 Å². The summed E-state index contributed by atoms with van der Waals surface area (Å²) in [5.41, 5.74) is 5.06. The summed E-state index contributed by atoms with van der Waals surface area (Å²) in [4.78, 5) is 16.2. The highest BCUT2D eigenvalue weighted by atomic mass is 32.2. The molecule has 0 aromatic heterocycles. The van der Waals surface area contributed by atoms with Crippen LogP contribution in [0.15, 0.2) is 24.3 Å². The smallest absolute Gasteiger partial charge is 0.261 e. The highest BCUT2D eigenvalue weighted by Crippen LogP contribution is 2.43.